The molecule has 0 bridgehead atoms. The Labute approximate surface area is 186 Å². The Morgan fingerprint density at radius 3 is 2.00 bits per heavy atom. The lowest BCUT2D eigenvalue weighted by Crippen LogP contribution is -2.34. The Bertz CT molecular complexity index is 1070. The van der Waals surface area contributed by atoms with Crippen LogP contribution in [0.1, 0.15) is 34.6 Å². The molecule has 0 saturated heterocycles. The maximum atomic E-state index is 12.6. The monoisotopic (exact) mass is 433 g/mol. The van der Waals surface area contributed by atoms with Crippen molar-refractivity contribution in [3.63, 3.8) is 0 Å². The van der Waals surface area contributed by atoms with Gasteiger partial charge in [-0.15, -0.1) is 0 Å². The van der Waals surface area contributed by atoms with Gasteiger partial charge in [-0.25, -0.2) is 0 Å². The summed E-state index contributed by atoms with van der Waals surface area (Å²) in [6.45, 7) is 3.79. The number of hydrogen-bond donors (Lipinski definition) is 3. The molecule has 0 atom stereocenters. The highest BCUT2D eigenvalue weighted by molar-refractivity contribution is 7.80. The number of carbonyl (C=O) groups is 2. The number of amides is 2. The number of nitrogens with one attached hydrogen (secondary N) is 3. The van der Waals surface area contributed by atoms with Gasteiger partial charge in [-0.05, 0) is 74.6 Å². The van der Waals surface area contributed by atoms with E-state index in [2.05, 4.69) is 16.0 Å². The molecule has 3 N–H and O–H groups in total. The summed E-state index contributed by atoms with van der Waals surface area (Å²) in [5.74, 6) is -0.0526. The Hall–Kier alpha value is -3.71. The average Bonchev–Trinajstić information content (AvgIpc) is 2.75. The number of para-hydroxylation sites is 1. The van der Waals surface area contributed by atoms with Crippen LogP contribution in [0.25, 0.3) is 0 Å². The molecule has 0 aromatic heterocycles. The van der Waals surface area contributed by atoms with E-state index in [1.165, 1.54) is 0 Å². The SMILES string of the molecule is CC(C)Oc1ccccc1C(=O)NC(=S)Nc1ccc(NC(=O)c2ccccc2)cc1. The molecule has 3 rings (SSSR count). The van der Waals surface area contributed by atoms with Crippen molar-refractivity contribution in [2.75, 3.05) is 10.6 Å². The second-order valence-electron chi connectivity index (χ2n) is 6.97. The zero-order valence-corrected chi connectivity index (χ0v) is 18.0. The smallest absolute Gasteiger partial charge is 0.261 e. The van der Waals surface area contributed by atoms with Crippen LogP contribution in [0.4, 0.5) is 11.4 Å². The van der Waals surface area contributed by atoms with Gasteiger partial charge in [0.1, 0.15) is 5.75 Å². The van der Waals surface area contributed by atoms with Crippen LogP contribution in [0.3, 0.4) is 0 Å². The van der Waals surface area contributed by atoms with Crippen molar-refractivity contribution in [3.8, 4) is 5.75 Å². The highest BCUT2D eigenvalue weighted by Crippen LogP contribution is 2.19. The van der Waals surface area contributed by atoms with E-state index in [0.29, 0.717) is 28.3 Å². The normalized spacial score (nSPS) is 10.3. The fourth-order valence-electron chi connectivity index (χ4n) is 2.77. The first-order valence-electron chi connectivity index (χ1n) is 9.77. The second kappa shape index (κ2) is 10.4. The van der Waals surface area contributed by atoms with E-state index >= 15 is 0 Å². The molecule has 0 aliphatic carbocycles. The van der Waals surface area contributed by atoms with E-state index < -0.39 is 0 Å². The Balaban J connectivity index is 1.57. The summed E-state index contributed by atoms with van der Waals surface area (Å²) >= 11 is 5.26. The molecular weight excluding hydrogens is 410 g/mol. The van der Waals surface area contributed by atoms with Gasteiger partial charge in [0.25, 0.3) is 11.8 Å². The molecule has 6 nitrogen and oxygen atoms in total. The van der Waals surface area contributed by atoms with Crippen LogP contribution < -0.4 is 20.7 Å². The van der Waals surface area contributed by atoms with Crippen molar-refractivity contribution in [1.29, 1.82) is 0 Å². The first-order valence-corrected chi connectivity index (χ1v) is 10.2. The molecule has 0 fully saturated rings. The highest BCUT2D eigenvalue weighted by atomic mass is 32.1. The Morgan fingerprint density at radius 1 is 0.774 bits per heavy atom. The van der Waals surface area contributed by atoms with Gasteiger partial charge in [0, 0.05) is 16.9 Å². The molecule has 0 aliphatic rings. The van der Waals surface area contributed by atoms with Crippen LogP contribution >= 0.6 is 12.2 Å². The molecule has 7 heteroatoms. The minimum absolute atomic E-state index is 0.0556. The molecule has 0 radical (unpaired) electrons. The van der Waals surface area contributed by atoms with Crippen LogP contribution in [0.15, 0.2) is 78.9 Å². The van der Waals surface area contributed by atoms with Gasteiger partial charge in [-0.2, -0.15) is 0 Å². The lowest BCUT2D eigenvalue weighted by atomic mass is 10.2. The molecule has 158 valence electrons. The lowest BCUT2D eigenvalue weighted by molar-refractivity contribution is 0.0970. The van der Waals surface area contributed by atoms with Crippen LogP contribution in [0, 0.1) is 0 Å². The van der Waals surface area contributed by atoms with Gasteiger partial charge in [0.15, 0.2) is 5.11 Å². The van der Waals surface area contributed by atoms with Gasteiger partial charge in [-0.3, -0.25) is 14.9 Å². The maximum Gasteiger partial charge on any atom is 0.261 e. The molecule has 0 heterocycles. The van der Waals surface area contributed by atoms with Crippen molar-refractivity contribution in [1.82, 2.24) is 5.32 Å². The van der Waals surface area contributed by atoms with Crippen molar-refractivity contribution in [2.24, 2.45) is 0 Å². The van der Waals surface area contributed by atoms with Gasteiger partial charge in [0.05, 0.1) is 11.7 Å². The quantitative estimate of drug-likeness (QED) is 0.484. The van der Waals surface area contributed by atoms with Crippen LogP contribution in [0.2, 0.25) is 0 Å². The first-order chi connectivity index (χ1) is 14.9. The summed E-state index contributed by atoms with van der Waals surface area (Å²) in [5.41, 5.74) is 2.30. The zero-order chi connectivity index (χ0) is 22.2. The molecule has 0 saturated carbocycles. The summed E-state index contributed by atoms with van der Waals surface area (Å²) in [6.07, 6.45) is -0.0556. The van der Waals surface area contributed by atoms with Crippen molar-refractivity contribution in [3.05, 3.63) is 90.0 Å². The van der Waals surface area contributed by atoms with Crippen LogP contribution in [0.5, 0.6) is 5.75 Å². The van der Waals surface area contributed by atoms with Gasteiger partial charge in [-0.1, -0.05) is 30.3 Å². The molecule has 0 spiro atoms. The van der Waals surface area contributed by atoms with E-state index in [1.807, 2.05) is 38.1 Å². The predicted octanol–water partition coefficient (Wildman–Crippen LogP) is 4.85. The number of thiocarbonyl (C=S) groups is 1. The fourth-order valence-corrected chi connectivity index (χ4v) is 2.98. The maximum absolute atomic E-state index is 12.6. The number of ether oxygens (including phenoxy) is 1. The minimum Gasteiger partial charge on any atom is -0.490 e. The zero-order valence-electron chi connectivity index (χ0n) is 17.2. The van der Waals surface area contributed by atoms with E-state index in [0.717, 1.165) is 0 Å². The van der Waals surface area contributed by atoms with Gasteiger partial charge < -0.3 is 15.4 Å². The molecule has 3 aromatic rings. The van der Waals surface area contributed by atoms with Gasteiger partial charge >= 0.3 is 0 Å². The molecule has 2 amide bonds. The van der Waals surface area contributed by atoms with E-state index in [-0.39, 0.29) is 23.0 Å². The standard InChI is InChI=1S/C24H23N3O3S/c1-16(2)30-21-11-7-6-10-20(21)23(29)27-24(31)26-19-14-12-18(13-15-19)25-22(28)17-8-4-3-5-9-17/h3-16H,1-2H3,(H,25,28)(H2,26,27,29,31). The number of hydrogen-bond acceptors (Lipinski definition) is 4. The molecule has 31 heavy (non-hydrogen) atoms. The van der Waals surface area contributed by atoms with E-state index in [4.69, 9.17) is 17.0 Å². The van der Waals surface area contributed by atoms with E-state index in [1.54, 1.807) is 54.6 Å². The molecule has 3 aromatic carbocycles. The fraction of sp³-hybridized carbons (Fsp3) is 0.125. The van der Waals surface area contributed by atoms with Gasteiger partial charge in [0.2, 0.25) is 0 Å². The number of carbonyl (C=O) groups excluding carboxylic acids is 2. The summed E-state index contributed by atoms with van der Waals surface area (Å²) in [6, 6.07) is 23.0. The topological polar surface area (TPSA) is 79.5 Å². The Morgan fingerprint density at radius 2 is 1.35 bits per heavy atom. The summed E-state index contributed by atoms with van der Waals surface area (Å²) < 4.78 is 5.68. The third-order valence-corrected chi connectivity index (χ3v) is 4.36. The number of benzene rings is 3. The average molecular weight is 434 g/mol. The van der Waals surface area contributed by atoms with E-state index in [9.17, 15) is 9.59 Å². The van der Waals surface area contributed by atoms with Crippen LogP contribution in [-0.4, -0.2) is 23.0 Å². The summed E-state index contributed by atoms with van der Waals surface area (Å²) in [4.78, 5) is 24.8. The Kier molecular flexibility index (Phi) is 7.35. The molecule has 0 unspecified atom stereocenters. The minimum atomic E-state index is -0.361. The lowest BCUT2D eigenvalue weighted by Gasteiger charge is -2.15. The van der Waals surface area contributed by atoms with Crippen molar-refractivity contribution >= 4 is 40.5 Å². The summed E-state index contributed by atoms with van der Waals surface area (Å²) in [7, 11) is 0. The molecular formula is C24H23N3O3S. The highest BCUT2D eigenvalue weighted by Gasteiger charge is 2.14. The summed E-state index contributed by atoms with van der Waals surface area (Å²) in [5, 5.41) is 8.61. The van der Waals surface area contributed by atoms with Crippen LogP contribution in [-0.2, 0) is 0 Å². The predicted molar refractivity (Wildman–Crippen MR) is 127 cm³/mol. The molecule has 0 aliphatic heterocycles. The number of anilines is 2. The third kappa shape index (κ3) is 6.38. The van der Waals surface area contributed by atoms with Crippen molar-refractivity contribution < 1.29 is 14.3 Å². The first kappa shape index (κ1) is 22.0. The third-order valence-electron chi connectivity index (χ3n) is 4.16. The number of rotatable bonds is 6. The second-order valence-corrected chi connectivity index (χ2v) is 7.38. The van der Waals surface area contributed by atoms with Crippen molar-refractivity contribution in [2.45, 2.75) is 20.0 Å². The largest absolute Gasteiger partial charge is 0.490 e.